The lowest BCUT2D eigenvalue weighted by atomic mass is 10.1. The van der Waals surface area contributed by atoms with Crippen LogP contribution < -0.4 is 19.9 Å². The van der Waals surface area contributed by atoms with Gasteiger partial charge in [-0.05, 0) is 43.4 Å². The number of hydrogen-bond acceptors (Lipinski definition) is 8. The molecule has 1 amide bonds. The smallest absolute Gasteiger partial charge is 0.243 e. The first-order valence-corrected chi connectivity index (χ1v) is 12.3. The van der Waals surface area contributed by atoms with Crippen LogP contribution in [-0.2, 0) is 11.3 Å². The molecule has 1 fully saturated rings. The quantitative estimate of drug-likeness (QED) is 0.230. The zero-order valence-electron chi connectivity index (χ0n) is 20.9. The van der Waals surface area contributed by atoms with Crippen LogP contribution in [-0.4, -0.2) is 51.6 Å². The maximum Gasteiger partial charge on any atom is 0.243 e. The van der Waals surface area contributed by atoms with Crippen LogP contribution in [0.5, 0.6) is 11.5 Å². The number of ether oxygens (including phenoxy) is 2. The van der Waals surface area contributed by atoms with Gasteiger partial charge >= 0.3 is 0 Å². The summed E-state index contributed by atoms with van der Waals surface area (Å²) >= 11 is 0. The third-order valence-electron chi connectivity index (χ3n) is 6.47. The molecule has 1 aliphatic carbocycles. The Hall–Kier alpha value is -4.18. The summed E-state index contributed by atoms with van der Waals surface area (Å²) < 4.78 is 12.8. The van der Waals surface area contributed by atoms with Crippen molar-refractivity contribution in [2.75, 3.05) is 25.7 Å². The van der Waals surface area contributed by atoms with E-state index in [9.17, 15) is 4.79 Å². The van der Waals surface area contributed by atoms with Gasteiger partial charge in [0.05, 0.1) is 43.3 Å². The Morgan fingerprint density at radius 3 is 2.57 bits per heavy atom. The number of carbonyl (C=O) groups excluding carboxylic acids is 1. The lowest BCUT2D eigenvalue weighted by Crippen LogP contribution is -2.20. The number of nitrogens with zero attached hydrogens (tertiary/aromatic N) is 5. The van der Waals surface area contributed by atoms with Crippen molar-refractivity contribution < 1.29 is 19.5 Å². The second-order valence-corrected chi connectivity index (χ2v) is 9.18. The number of rotatable bonds is 11. The van der Waals surface area contributed by atoms with Crippen molar-refractivity contribution in [3.8, 4) is 22.8 Å². The first-order valence-electron chi connectivity index (χ1n) is 12.3. The van der Waals surface area contributed by atoms with E-state index in [4.69, 9.17) is 19.7 Å². The highest BCUT2D eigenvalue weighted by atomic mass is 16.5. The Kier molecular flexibility index (Phi) is 7.18. The van der Waals surface area contributed by atoms with Gasteiger partial charge < -0.3 is 14.4 Å². The average molecular weight is 503 g/mol. The van der Waals surface area contributed by atoms with E-state index in [1.54, 1.807) is 36.8 Å². The van der Waals surface area contributed by atoms with E-state index in [-0.39, 0.29) is 6.42 Å². The lowest BCUT2D eigenvalue weighted by Gasteiger charge is -2.26. The second-order valence-electron chi connectivity index (χ2n) is 9.18. The Balaban J connectivity index is 1.43. The van der Waals surface area contributed by atoms with Gasteiger partial charge in [0.1, 0.15) is 11.5 Å². The standard InChI is InChI=1S/C27H30N6O4/c1-36-22-10-21(11-23(13-22)37-2)33(16-18-5-6-18)20-7-8-24-25(12-20)30-26(15-28-24)19-14-29-32(17-19)9-3-4-27(34)31-35/h7-8,10-15,17-18,35H,3-6,9,16H2,1-2H3,(H,31,34). The molecule has 1 saturated carbocycles. The predicted molar refractivity (Wildman–Crippen MR) is 139 cm³/mol. The zero-order chi connectivity index (χ0) is 25.8. The highest BCUT2D eigenvalue weighted by molar-refractivity contribution is 5.82. The number of aromatic nitrogens is 4. The Bertz CT molecular complexity index is 1380. The highest BCUT2D eigenvalue weighted by Crippen LogP contribution is 2.38. The summed E-state index contributed by atoms with van der Waals surface area (Å²) in [5.41, 5.74) is 6.84. The van der Waals surface area contributed by atoms with Gasteiger partial charge in [-0.25, -0.2) is 10.5 Å². The van der Waals surface area contributed by atoms with Crippen LogP contribution in [0.4, 0.5) is 11.4 Å². The van der Waals surface area contributed by atoms with Gasteiger partial charge in [-0.1, -0.05) is 0 Å². The SMILES string of the molecule is COc1cc(OC)cc(N(CC2CC2)c2ccc3ncc(-c4cnn(CCCC(=O)NO)c4)nc3c2)c1. The number of methoxy groups -OCH3 is 2. The van der Waals surface area contributed by atoms with Crippen molar-refractivity contribution in [3.05, 3.63) is 55.0 Å². The number of benzene rings is 2. The molecule has 2 N–H and O–H groups in total. The van der Waals surface area contributed by atoms with Gasteiger partial charge in [-0.15, -0.1) is 0 Å². The van der Waals surface area contributed by atoms with Crippen molar-refractivity contribution >= 4 is 28.3 Å². The molecule has 10 heteroatoms. The first kappa shape index (κ1) is 24.5. The molecule has 0 radical (unpaired) electrons. The Morgan fingerprint density at radius 2 is 1.86 bits per heavy atom. The molecule has 0 bridgehead atoms. The summed E-state index contributed by atoms with van der Waals surface area (Å²) in [7, 11) is 3.32. The van der Waals surface area contributed by atoms with Crippen molar-refractivity contribution in [1.82, 2.24) is 25.2 Å². The van der Waals surface area contributed by atoms with Crippen LogP contribution in [0.15, 0.2) is 55.0 Å². The molecule has 192 valence electrons. The summed E-state index contributed by atoms with van der Waals surface area (Å²) in [6.07, 6.45) is 8.62. The number of aryl methyl sites for hydroxylation is 1. The summed E-state index contributed by atoms with van der Waals surface area (Å²) in [5, 5.41) is 13.0. The minimum Gasteiger partial charge on any atom is -0.497 e. The molecule has 5 rings (SSSR count). The van der Waals surface area contributed by atoms with Crippen LogP contribution in [0.25, 0.3) is 22.3 Å². The van der Waals surface area contributed by atoms with Gasteiger partial charge in [0.25, 0.3) is 0 Å². The van der Waals surface area contributed by atoms with Gasteiger partial charge in [-0.2, -0.15) is 5.10 Å². The number of carbonyl (C=O) groups is 1. The molecule has 0 aliphatic heterocycles. The van der Waals surface area contributed by atoms with Crippen molar-refractivity contribution in [2.45, 2.75) is 32.2 Å². The van der Waals surface area contributed by atoms with E-state index in [0.29, 0.717) is 18.9 Å². The van der Waals surface area contributed by atoms with Gasteiger partial charge in [0, 0.05) is 60.8 Å². The van der Waals surface area contributed by atoms with E-state index in [2.05, 4.69) is 27.1 Å². The molecular formula is C27H30N6O4. The molecule has 4 aromatic rings. The van der Waals surface area contributed by atoms with E-state index >= 15 is 0 Å². The summed E-state index contributed by atoms with van der Waals surface area (Å²) in [5.74, 6) is 1.73. The molecule has 2 aromatic heterocycles. The monoisotopic (exact) mass is 502 g/mol. The molecule has 0 unspecified atom stereocenters. The molecule has 37 heavy (non-hydrogen) atoms. The number of hydrogen-bond donors (Lipinski definition) is 2. The zero-order valence-corrected chi connectivity index (χ0v) is 20.9. The number of amides is 1. The number of hydroxylamine groups is 1. The van der Waals surface area contributed by atoms with Crippen LogP contribution >= 0.6 is 0 Å². The molecule has 1 aliphatic rings. The molecule has 0 spiro atoms. The molecule has 2 heterocycles. The molecule has 0 saturated heterocycles. The van der Waals surface area contributed by atoms with Crippen LogP contribution in [0.3, 0.4) is 0 Å². The van der Waals surface area contributed by atoms with Crippen molar-refractivity contribution in [2.24, 2.45) is 5.92 Å². The predicted octanol–water partition coefficient (Wildman–Crippen LogP) is 4.34. The average Bonchev–Trinajstić information content (AvgIpc) is 3.64. The lowest BCUT2D eigenvalue weighted by molar-refractivity contribution is -0.129. The summed E-state index contributed by atoms with van der Waals surface area (Å²) in [6.45, 7) is 1.45. The fourth-order valence-corrected chi connectivity index (χ4v) is 4.25. The summed E-state index contributed by atoms with van der Waals surface area (Å²) in [4.78, 5) is 23.0. The number of fused-ring (bicyclic) bond motifs is 1. The molecule has 10 nitrogen and oxygen atoms in total. The van der Waals surface area contributed by atoms with Crippen LogP contribution in [0.2, 0.25) is 0 Å². The van der Waals surface area contributed by atoms with Crippen LogP contribution in [0, 0.1) is 5.92 Å². The molecule has 0 atom stereocenters. The largest absolute Gasteiger partial charge is 0.497 e. The second kappa shape index (κ2) is 10.8. The first-order chi connectivity index (χ1) is 18.1. The Labute approximate surface area is 214 Å². The van der Waals surface area contributed by atoms with Gasteiger partial charge in [0.2, 0.25) is 5.91 Å². The van der Waals surface area contributed by atoms with Crippen molar-refractivity contribution in [1.29, 1.82) is 0 Å². The third kappa shape index (κ3) is 5.80. The number of anilines is 2. The van der Waals surface area contributed by atoms with Gasteiger partial charge in [-0.3, -0.25) is 19.7 Å². The van der Waals surface area contributed by atoms with Crippen molar-refractivity contribution in [3.63, 3.8) is 0 Å². The summed E-state index contributed by atoms with van der Waals surface area (Å²) in [6, 6.07) is 12.1. The van der Waals surface area contributed by atoms with Crippen LogP contribution in [0.1, 0.15) is 25.7 Å². The fourth-order valence-electron chi connectivity index (χ4n) is 4.25. The molecular weight excluding hydrogens is 472 g/mol. The molecule has 2 aromatic carbocycles. The van der Waals surface area contributed by atoms with E-state index in [1.165, 1.54) is 12.8 Å². The minimum absolute atomic E-state index is 0.223. The fraction of sp³-hybridized carbons (Fsp3) is 0.333. The minimum atomic E-state index is -0.410. The highest BCUT2D eigenvalue weighted by Gasteiger charge is 2.26. The number of nitrogens with one attached hydrogen (secondary N) is 1. The van der Waals surface area contributed by atoms with E-state index in [1.807, 2.05) is 30.5 Å². The normalized spacial score (nSPS) is 12.9. The van der Waals surface area contributed by atoms with E-state index in [0.717, 1.165) is 51.7 Å². The third-order valence-corrected chi connectivity index (χ3v) is 6.47. The topological polar surface area (TPSA) is 115 Å². The maximum atomic E-state index is 11.2. The Morgan fingerprint density at radius 1 is 1.08 bits per heavy atom. The van der Waals surface area contributed by atoms with Gasteiger partial charge in [0.15, 0.2) is 0 Å². The van der Waals surface area contributed by atoms with E-state index < -0.39 is 5.91 Å². The maximum absolute atomic E-state index is 11.2.